The van der Waals surface area contributed by atoms with E-state index >= 15 is 0 Å². The number of thioether (sulfide) groups is 1. The van der Waals surface area contributed by atoms with Gasteiger partial charge in [0, 0.05) is 0 Å². The van der Waals surface area contributed by atoms with Crippen molar-refractivity contribution in [1.29, 1.82) is 0 Å². The maximum absolute atomic E-state index is 12.9. The molecule has 1 aromatic carbocycles. The monoisotopic (exact) mass is 418 g/mol. The number of hydrogen-bond acceptors (Lipinski definition) is 4. The minimum absolute atomic E-state index is 0.520. The summed E-state index contributed by atoms with van der Waals surface area (Å²) in [6, 6.07) is 2.92. The first-order chi connectivity index (χ1) is 11.5. The van der Waals surface area contributed by atoms with Crippen LogP contribution in [0.25, 0.3) is 0 Å². The first kappa shape index (κ1) is 22.1. The van der Waals surface area contributed by atoms with E-state index in [9.17, 15) is 53.5 Å². The van der Waals surface area contributed by atoms with Crippen molar-refractivity contribution in [3.8, 4) is 5.75 Å². The molecule has 0 aromatic heterocycles. The smallest absolute Gasteiger partial charge is 0.421 e. The standard InChI is InChI=1S/C12H4F10O3S/c13-9(14,11(17,18)19)7(23)25-5-3-1-2-4-6(5)26-8(24)10(15,16)12(20,21)22/h1-4H. The molecular weight excluding hydrogens is 414 g/mol. The lowest BCUT2D eigenvalue weighted by Crippen LogP contribution is -2.46. The second-order valence-electron chi connectivity index (χ2n) is 4.37. The van der Waals surface area contributed by atoms with Gasteiger partial charge in [-0.1, -0.05) is 12.1 Å². The minimum Gasteiger partial charge on any atom is -0.421 e. The zero-order valence-corrected chi connectivity index (χ0v) is 12.5. The van der Waals surface area contributed by atoms with Gasteiger partial charge in [0.1, 0.15) is 5.75 Å². The van der Waals surface area contributed by atoms with Crippen LogP contribution < -0.4 is 4.74 Å². The number of carbonyl (C=O) groups is 2. The quantitative estimate of drug-likeness (QED) is 0.310. The van der Waals surface area contributed by atoms with E-state index in [2.05, 4.69) is 4.74 Å². The Balaban J connectivity index is 3.10. The SMILES string of the molecule is O=C(Oc1ccccc1SC(=O)C(F)(F)C(F)(F)F)C(F)(F)C(F)(F)F. The number of benzene rings is 1. The molecule has 0 bridgehead atoms. The van der Waals surface area contributed by atoms with Gasteiger partial charge in [-0.05, 0) is 23.9 Å². The Labute approximate surface area is 141 Å². The molecule has 0 unspecified atom stereocenters. The topological polar surface area (TPSA) is 43.4 Å². The van der Waals surface area contributed by atoms with Crippen molar-refractivity contribution in [1.82, 2.24) is 0 Å². The third-order valence-corrected chi connectivity index (χ3v) is 3.48. The molecule has 0 aliphatic carbocycles. The molecule has 146 valence electrons. The van der Waals surface area contributed by atoms with Crippen molar-refractivity contribution in [3.05, 3.63) is 24.3 Å². The Bertz CT molecular complexity index is 636. The Hall–Kier alpha value is -1.99. The lowest BCUT2D eigenvalue weighted by molar-refractivity contribution is -0.276. The summed E-state index contributed by atoms with van der Waals surface area (Å²) in [6.45, 7) is 0. The predicted octanol–water partition coefficient (Wildman–Crippen LogP) is 4.61. The number of para-hydroxylation sites is 1. The molecule has 1 rings (SSSR count). The summed E-state index contributed by atoms with van der Waals surface area (Å²) in [5.74, 6) is -16.2. The number of halogens is 10. The van der Waals surface area contributed by atoms with E-state index in [1.807, 2.05) is 0 Å². The summed E-state index contributed by atoms with van der Waals surface area (Å²) in [7, 11) is 0. The summed E-state index contributed by atoms with van der Waals surface area (Å²) in [5.41, 5.74) is 0. The molecule has 0 saturated heterocycles. The highest BCUT2D eigenvalue weighted by Gasteiger charge is 2.65. The Morgan fingerprint density at radius 1 is 0.769 bits per heavy atom. The molecule has 0 aliphatic heterocycles. The van der Waals surface area contributed by atoms with Crippen LogP contribution in [0.1, 0.15) is 0 Å². The molecular formula is C12H4F10O3S. The molecule has 0 atom stereocenters. The second-order valence-corrected chi connectivity index (χ2v) is 5.38. The summed E-state index contributed by atoms with van der Waals surface area (Å²) >= 11 is -0.848. The van der Waals surface area contributed by atoms with Crippen molar-refractivity contribution in [2.75, 3.05) is 0 Å². The van der Waals surface area contributed by atoms with Crippen LogP contribution in [0.2, 0.25) is 0 Å². The Morgan fingerprint density at radius 2 is 1.23 bits per heavy atom. The third-order valence-electron chi connectivity index (χ3n) is 2.48. The largest absolute Gasteiger partial charge is 0.465 e. The van der Waals surface area contributed by atoms with Crippen molar-refractivity contribution in [2.45, 2.75) is 29.1 Å². The molecule has 0 radical (unpaired) electrons. The van der Waals surface area contributed by atoms with E-state index < -0.39 is 57.7 Å². The van der Waals surface area contributed by atoms with Crippen LogP contribution in [0.3, 0.4) is 0 Å². The van der Waals surface area contributed by atoms with Gasteiger partial charge in [-0.2, -0.15) is 43.9 Å². The van der Waals surface area contributed by atoms with E-state index in [0.29, 0.717) is 12.1 Å². The zero-order valence-electron chi connectivity index (χ0n) is 11.7. The number of ether oxygens (including phenoxy) is 1. The zero-order chi connectivity index (χ0) is 20.6. The maximum atomic E-state index is 12.9. The molecule has 0 heterocycles. The van der Waals surface area contributed by atoms with E-state index in [1.165, 1.54) is 0 Å². The van der Waals surface area contributed by atoms with E-state index in [1.54, 1.807) is 0 Å². The molecule has 3 nitrogen and oxygen atoms in total. The lowest BCUT2D eigenvalue weighted by atomic mass is 10.3. The molecule has 0 N–H and O–H groups in total. The number of rotatable bonds is 4. The van der Waals surface area contributed by atoms with Gasteiger partial charge in [-0.3, -0.25) is 4.79 Å². The first-order valence-corrected chi connectivity index (χ1v) is 6.76. The van der Waals surface area contributed by atoms with Crippen LogP contribution in [0, 0.1) is 0 Å². The molecule has 0 saturated carbocycles. The van der Waals surface area contributed by atoms with Crippen molar-refractivity contribution < 1.29 is 58.2 Å². The highest BCUT2D eigenvalue weighted by Crippen LogP contribution is 2.43. The highest BCUT2D eigenvalue weighted by molar-refractivity contribution is 8.14. The molecule has 0 amide bonds. The highest BCUT2D eigenvalue weighted by atomic mass is 32.2. The van der Waals surface area contributed by atoms with E-state index in [4.69, 9.17) is 0 Å². The summed E-state index contributed by atoms with van der Waals surface area (Å²) in [6.07, 6.45) is -12.6. The van der Waals surface area contributed by atoms with Gasteiger partial charge in [0.05, 0.1) is 4.90 Å². The van der Waals surface area contributed by atoms with Crippen molar-refractivity contribution in [2.24, 2.45) is 0 Å². The van der Waals surface area contributed by atoms with Gasteiger partial charge in [-0.15, -0.1) is 0 Å². The van der Waals surface area contributed by atoms with Crippen LogP contribution in [0.4, 0.5) is 43.9 Å². The third kappa shape index (κ3) is 4.40. The number of alkyl halides is 10. The molecule has 0 aliphatic rings. The summed E-state index contributed by atoms with van der Waals surface area (Å²) in [5, 5.41) is -2.81. The fourth-order valence-corrected chi connectivity index (χ4v) is 1.98. The van der Waals surface area contributed by atoms with Crippen molar-refractivity contribution >= 4 is 22.8 Å². The fraction of sp³-hybridized carbons (Fsp3) is 0.333. The minimum atomic E-state index is -6.34. The molecule has 0 spiro atoms. The Kier molecular flexibility index (Phi) is 5.91. The van der Waals surface area contributed by atoms with Gasteiger partial charge in [0.15, 0.2) is 0 Å². The van der Waals surface area contributed by atoms with Crippen LogP contribution in [-0.2, 0) is 9.59 Å². The Morgan fingerprint density at radius 3 is 1.69 bits per heavy atom. The van der Waals surface area contributed by atoms with Crippen LogP contribution in [-0.4, -0.2) is 35.3 Å². The number of hydrogen-bond donors (Lipinski definition) is 0. The maximum Gasteiger partial charge on any atom is 0.465 e. The fourth-order valence-electron chi connectivity index (χ4n) is 1.18. The van der Waals surface area contributed by atoms with Crippen molar-refractivity contribution in [3.63, 3.8) is 0 Å². The average molecular weight is 418 g/mol. The van der Waals surface area contributed by atoms with Gasteiger partial charge < -0.3 is 4.74 Å². The normalized spacial score (nSPS) is 13.5. The lowest BCUT2D eigenvalue weighted by Gasteiger charge is -2.19. The van der Waals surface area contributed by atoms with E-state index in [-0.39, 0.29) is 0 Å². The summed E-state index contributed by atoms with van der Waals surface area (Å²) in [4.78, 5) is 21.1. The molecule has 0 fully saturated rings. The van der Waals surface area contributed by atoms with Gasteiger partial charge in [-0.25, -0.2) is 4.79 Å². The van der Waals surface area contributed by atoms with Crippen LogP contribution in [0.5, 0.6) is 5.75 Å². The van der Waals surface area contributed by atoms with E-state index in [0.717, 1.165) is 12.1 Å². The van der Waals surface area contributed by atoms with Crippen LogP contribution >= 0.6 is 11.8 Å². The molecule has 1 aromatic rings. The van der Waals surface area contributed by atoms with Crippen LogP contribution in [0.15, 0.2) is 29.2 Å². The van der Waals surface area contributed by atoms with Gasteiger partial charge >= 0.3 is 30.2 Å². The predicted molar refractivity (Wildman–Crippen MR) is 64.9 cm³/mol. The van der Waals surface area contributed by atoms with Gasteiger partial charge in [0.2, 0.25) is 0 Å². The average Bonchev–Trinajstić information content (AvgIpc) is 2.46. The molecule has 14 heteroatoms. The number of carbonyl (C=O) groups excluding carboxylic acids is 2. The second kappa shape index (κ2) is 6.96. The summed E-state index contributed by atoms with van der Waals surface area (Å²) < 4.78 is 128. The first-order valence-electron chi connectivity index (χ1n) is 5.94. The number of esters is 1. The van der Waals surface area contributed by atoms with Gasteiger partial charge in [0.25, 0.3) is 5.12 Å². The molecule has 26 heavy (non-hydrogen) atoms.